The van der Waals surface area contributed by atoms with Gasteiger partial charge in [0.25, 0.3) is 5.92 Å². The van der Waals surface area contributed by atoms with Gasteiger partial charge >= 0.3 is 18.3 Å². The number of aromatic nitrogens is 5. The molecule has 0 saturated heterocycles. The highest BCUT2D eigenvalue weighted by Crippen LogP contribution is 2.68. The summed E-state index contributed by atoms with van der Waals surface area (Å²) in [7, 11) is -2.90. The van der Waals surface area contributed by atoms with Crippen LogP contribution in [0.5, 0.6) is 0 Å². The van der Waals surface area contributed by atoms with E-state index in [0.717, 1.165) is 43.7 Å². The maximum atomic E-state index is 15.6. The molecule has 7 rings (SSSR count). The molecule has 1 N–H and O–H groups in total. The monoisotopic (exact) mass is 1080 g/mol. The van der Waals surface area contributed by atoms with Crippen LogP contribution in [0.3, 0.4) is 0 Å². The van der Waals surface area contributed by atoms with E-state index in [-0.39, 0.29) is 48.2 Å². The zero-order valence-corrected chi connectivity index (χ0v) is 40.0. The number of halogens is 11. The number of carbonyl (C=O) groups excluding carboxylic acids is 3. The number of benzene rings is 2. The number of carbonyl (C=O) groups is 3. The van der Waals surface area contributed by atoms with E-state index in [2.05, 4.69) is 37.1 Å². The summed E-state index contributed by atoms with van der Waals surface area (Å²) in [5, 5.41) is 9.08. The SMILES string of the molecule is COC(=O)CCC(=O)N(Cc1nn(CC(F)(F)F)c2c(-c3ccc(C#CC(C)(C)S(C)(=O)=O)nc3C(Cc3cc(F)cc(F)c3)NC(=O)Cn3nc(C(F)(F)F)c4c3C(F)(F)[C@@H]3C[C@H]43)ccc(Cl)c12)S(=O)[O-]. The van der Waals surface area contributed by atoms with Crippen molar-refractivity contribution in [1.29, 1.82) is 0 Å². The Kier molecular flexibility index (Phi) is 14.5. The molecule has 0 spiro atoms. The van der Waals surface area contributed by atoms with E-state index in [1.165, 1.54) is 19.9 Å². The van der Waals surface area contributed by atoms with E-state index in [0.29, 0.717) is 10.7 Å². The first-order chi connectivity index (χ1) is 33.3. The first-order valence-corrected chi connectivity index (χ1v) is 24.4. The number of methoxy groups -OCH3 is 1. The van der Waals surface area contributed by atoms with Gasteiger partial charge in [-0.2, -0.15) is 45.3 Å². The quantitative estimate of drug-likeness (QED) is 0.0476. The van der Waals surface area contributed by atoms with Crippen molar-refractivity contribution >= 4 is 61.4 Å². The number of nitrogens with zero attached hydrogens (tertiary/aromatic N) is 6. The first-order valence-electron chi connectivity index (χ1n) is 21.1. The van der Waals surface area contributed by atoms with Crippen LogP contribution in [0.2, 0.25) is 5.02 Å². The summed E-state index contributed by atoms with van der Waals surface area (Å²) in [5.41, 5.74) is -6.11. The van der Waals surface area contributed by atoms with Gasteiger partial charge in [-0.1, -0.05) is 23.6 Å². The van der Waals surface area contributed by atoms with Crippen molar-refractivity contribution in [3.63, 3.8) is 0 Å². The summed E-state index contributed by atoms with van der Waals surface area (Å²) < 4.78 is 200. The molecule has 3 heterocycles. The molecule has 2 aliphatic rings. The number of fused-ring (bicyclic) bond motifs is 4. The van der Waals surface area contributed by atoms with Crippen molar-refractivity contribution in [2.75, 3.05) is 13.4 Å². The molecule has 0 radical (unpaired) electrons. The Bertz CT molecular complexity index is 3220. The highest BCUT2D eigenvalue weighted by molar-refractivity contribution is 7.92. The second-order valence-corrected chi connectivity index (χ2v) is 21.2. The molecule has 5 aromatic rings. The fourth-order valence-electron chi connectivity index (χ4n) is 8.26. The molecule has 15 nitrogen and oxygen atoms in total. The number of nitrogens with one attached hydrogen (secondary N) is 1. The minimum atomic E-state index is -5.22. The lowest BCUT2D eigenvalue weighted by atomic mass is 9.93. The lowest BCUT2D eigenvalue weighted by Gasteiger charge is -2.24. The molecule has 4 atom stereocenters. The maximum absolute atomic E-state index is 15.6. The van der Waals surface area contributed by atoms with Crippen molar-refractivity contribution < 1.29 is 80.2 Å². The highest BCUT2D eigenvalue weighted by Gasteiger charge is 2.68. The summed E-state index contributed by atoms with van der Waals surface area (Å²) in [5.74, 6) is -7.13. The van der Waals surface area contributed by atoms with E-state index in [9.17, 15) is 66.7 Å². The zero-order valence-electron chi connectivity index (χ0n) is 37.6. The summed E-state index contributed by atoms with van der Waals surface area (Å²) in [6.07, 6.45) is -11.7. The fraction of sp³-hybridized carbons (Fsp3) is 0.409. The van der Waals surface area contributed by atoms with Gasteiger partial charge in [-0.3, -0.25) is 32.3 Å². The lowest BCUT2D eigenvalue weighted by Crippen LogP contribution is -2.35. The molecule has 1 fully saturated rings. The van der Waals surface area contributed by atoms with E-state index in [1.54, 1.807) is 0 Å². The average Bonchev–Trinajstić information content (AvgIpc) is 3.78. The molecular weight excluding hydrogens is 1040 g/mol. The number of amides is 2. The predicted octanol–water partition coefficient (Wildman–Crippen LogP) is 7.37. The van der Waals surface area contributed by atoms with Gasteiger partial charge in [0.05, 0.1) is 59.3 Å². The number of hydrogen-bond donors (Lipinski definition) is 1. The third kappa shape index (κ3) is 11.1. The Labute approximate surface area is 409 Å². The van der Waals surface area contributed by atoms with Gasteiger partial charge in [0.15, 0.2) is 15.5 Å². The van der Waals surface area contributed by atoms with Gasteiger partial charge in [-0.25, -0.2) is 22.2 Å². The number of rotatable bonds is 15. The topological polar surface area (TPSA) is 199 Å². The molecule has 28 heteroatoms. The third-order valence-electron chi connectivity index (χ3n) is 11.9. The molecule has 2 aliphatic carbocycles. The van der Waals surface area contributed by atoms with Crippen LogP contribution in [0.1, 0.15) is 84.7 Å². The van der Waals surface area contributed by atoms with E-state index in [1.807, 2.05) is 0 Å². The molecule has 3 aromatic heterocycles. The summed E-state index contributed by atoms with van der Waals surface area (Å²) in [6, 6.07) is 4.96. The Hall–Kier alpha value is -6.11. The van der Waals surface area contributed by atoms with Gasteiger partial charge in [0.1, 0.15) is 40.9 Å². The minimum absolute atomic E-state index is 0.166. The van der Waals surface area contributed by atoms with Gasteiger partial charge in [-0.05, 0) is 74.4 Å². The average molecular weight is 1080 g/mol. The van der Waals surface area contributed by atoms with Crippen LogP contribution in [0.15, 0.2) is 42.5 Å². The Morgan fingerprint density at radius 3 is 2.26 bits per heavy atom. The number of ether oxygens (including phenoxy) is 1. The Balaban J connectivity index is 1.44. The molecule has 2 aromatic carbocycles. The van der Waals surface area contributed by atoms with Crippen molar-refractivity contribution in [2.24, 2.45) is 5.92 Å². The third-order valence-corrected chi connectivity index (χ3v) is 14.9. The predicted molar refractivity (Wildman–Crippen MR) is 233 cm³/mol. The Morgan fingerprint density at radius 2 is 1.67 bits per heavy atom. The van der Waals surface area contributed by atoms with Crippen LogP contribution in [0, 0.1) is 29.4 Å². The number of alkyl halides is 8. The van der Waals surface area contributed by atoms with Crippen LogP contribution < -0.4 is 5.32 Å². The number of hydrogen-bond acceptors (Lipinski definition) is 11. The second kappa shape index (κ2) is 19.4. The smallest absolute Gasteiger partial charge is 0.435 e. The number of esters is 1. The molecule has 386 valence electrons. The van der Waals surface area contributed by atoms with Gasteiger partial charge in [-0.15, -0.1) is 0 Å². The van der Waals surface area contributed by atoms with E-state index < -0.39 is 164 Å². The zero-order chi connectivity index (χ0) is 53.2. The second-order valence-electron chi connectivity index (χ2n) is 17.4. The molecule has 2 amide bonds. The number of pyridine rings is 1. The molecular formula is C44H37ClF10N7O8S2-. The lowest BCUT2D eigenvalue weighted by molar-refractivity contribution is -0.143. The summed E-state index contributed by atoms with van der Waals surface area (Å²) in [6.45, 7) is -1.76. The van der Waals surface area contributed by atoms with Crippen molar-refractivity contribution in [2.45, 2.75) is 94.1 Å². The fourth-order valence-corrected chi connectivity index (χ4v) is 9.24. The molecule has 2 unspecified atom stereocenters. The van der Waals surface area contributed by atoms with Gasteiger partial charge in [0, 0.05) is 46.7 Å². The normalized spacial score (nSPS) is 17.1. The van der Waals surface area contributed by atoms with Crippen LogP contribution >= 0.6 is 11.6 Å². The number of sulfone groups is 1. The van der Waals surface area contributed by atoms with Crippen molar-refractivity contribution in [3.8, 4) is 23.0 Å². The Morgan fingerprint density at radius 1 is 1.01 bits per heavy atom. The maximum Gasteiger partial charge on any atom is 0.435 e. The van der Waals surface area contributed by atoms with Crippen LogP contribution in [-0.2, 0) is 78.4 Å². The minimum Gasteiger partial charge on any atom is -0.755 e. The first kappa shape index (κ1) is 53.7. The molecule has 0 bridgehead atoms. The largest absolute Gasteiger partial charge is 0.755 e. The van der Waals surface area contributed by atoms with Gasteiger partial charge in [0.2, 0.25) is 11.8 Å². The van der Waals surface area contributed by atoms with E-state index in [4.69, 9.17) is 11.6 Å². The molecule has 1 saturated carbocycles. The van der Waals surface area contributed by atoms with Crippen LogP contribution in [0.4, 0.5) is 43.9 Å². The van der Waals surface area contributed by atoms with Crippen LogP contribution in [-0.4, -0.2) is 88.1 Å². The summed E-state index contributed by atoms with van der Waals surface area (Å²) >= 11 is 3.19. The van der Waals surface area contributed by atoms with Gasteiger partial charge < -0.3 is 14.6 Å². The van der Waals surface area contributed by atoms with Crippen LogP contribution in [0.25, 0.3) is 22.0 Å². The molecule has 72 heavy (non-hydrogen) atoms. The van der Waals surface area contributed by atoms with Crippen molar-refractivity contribution in [1.82, 2.24) is 34.2 Å². The summed E-state index contributed by atoms with van der Waals surface area (Å²) in [4.78, 5) is 43.5. The highest BCUT2D eigenvalue weighted by atomic mass is 35.5. The van der Waals surface area contributed by atoms with Crippen molar-refractivity contribution in [3.05, 3.63) is 98.7 Å². The standard InChI is InChI=1S/C44H38ClF10N7O8S2/c1-41(2,72(4,68)69)12-11-24-5-6-25(26-7-8-29(45)36-31(58-61(38(26)36)20-42(48,49)50)18-62(71(66)67)33(64)9-10-34(65)70-3)37(56-24)30(15-21-13-22(46)16-23(47)14-21)57-32(63)19-60-40-35(39(59-60)44(53,54)55)27-17-28(27)43(40,51)52/h5-8,13-14,16,27-28,30H,9-10,15,17-20H2,1-4H3,(H,57,63)(H,66,67)/p-1/t27-,28+,30?/m0/s1. The molecule has 0 aliphatic heterocycles. The van der Waals surface area contributed by atoms with E-state index >= 15 is 8.78 Å².